The van der Waals surface area contributed by atoms with E-state index in [-0.39, 0.29) is 41.6 Å². The first-order valence-electron chi connectivity index (χ1n) is 12.3. The van der Waals surface area contributed by atoms with Gasteiger partial charge in [0.15, 0.2) is 11.4 Å². The monoisotopic (exact) mass is 503 g/mol. The molecule has 0 amide bonds. The summed E-state index contributed by atoms with van der Waals surface area (Å²) in [4.78, 5) is 15.9. The van der Waals surface area contributed by atoms with Crippen molar-refractivity contribution >= 4 is 5.97 Å². The fourth-order valence-electron chi connectivity index (χ4n) is 5.47. The van der Waals surface area contributed by atoms with Crippen LogP contribution in [0.5, 0.6) is 5.75 Å². The van der Waals surface area contributed by atoms with E-state index in [9.17, 15) is 9.90 Å². The molecule has 3 unspecified atom stereocenters. The first-order valence-corrected chi connectivity index (χ1v) is 12.3. The summed E-state index contributed by atoms with van der Waals surface area (Å²) in [7, 11) is 0. The molecule has 1 aromatic heterocycles. The van der Waals surface area contributed by atoms with Crippen LogP contribution in [0.4, 0.5) is 0 Å². The number of ether oxygens (including phenoxy) is 2. The summed E-state index contributed by atoms with van der Waals surface area (Å²) in [5.41, 5.74) is 3.31. The van der Waals surface area contributed by atoms with Crippen LogP contribution in [-0.2, 0) is 21.6 Å². The molecule has 4 aromatic rings. The van der Waals surface area contributed by atoms with Gasteiger partial charge in [0.1, 0.15) is 18.1 Å². The smallest absolute Gasteiger partial charge is 0.546 e. The van der Waals surface area contributed by atoms with Gasteiger partial charge in [-0.2, -0.15) is 0 Å². The first kappa shape index (κ1) is 25.7. The van der Waals surface area contributed by atoms with E-state index in [1.54, 1.807) is 6.07 Å². The summed E-state index contributed by atoms with van der Waals surface area (Å²) >= 11 is 0. The topological polar surface area (TPSA) is 87.9 Å². The van der Waals surface area contributed by atoms with E-state index in [1.165, 1.54) is 0 Å². The van der Waals surface area contributed by atoms with Gasteiger partial charge in [-0.3, -0.25) is 0 Å². The van der Waals surface area contributed by atoms with E-state index in [0.717, 1.165) is 53.8 Å². The minimum atomic E-state index is -1.24. The van der Waals surface area contributed by atoms with Crippen molar-refractivity contribution < 1.29 is 53.3 Å². The number of hydrogen-bond acceptors (Lipinski definition) is 6. The zero-order chi connectivity index (χ0) is 24.5. The molecule has 1 saturated heterocycles. The number of hydrogen-bond donors (Lipinski definition) is 0. The fraction of sp³-hybridized carbons (Fsp3) is 0.267. The van der Waals surface area contributed by atoms with Gasteiger partial charge >= 0.3 is 29.6 Å². The van der Waals surface area contributed by atoms with Gasteiger partial charge in [-0.05, 0) is 37.0 Å². The van der Waals surface area contributed by atoms with E-state index in [2.05, 4.69) is 0 Å². The molecule has 182 valence electrons. The molecule has 2 aliphatic rings. The molecular formula is C30H26NNaO5. The predicted octanol–water partition coefficient (Wildman–Crippen LogP) is 1.78. The maximum atomic E-state index is 10.8. The third-order valence-corrected chi connectivity index (χ3v) is 7.17. The number of nitrogens with zero attached hydrogens (tertiary/aromatic N) is 1. The van der Waals surface area contributed by atoms with Gasteiger partial charge in [0.2, 0.25) is 5.89 Å². The van der Waals surface area contributed by atoms with Gasteiger partial charge in [0, 0.05) is 17.0 Å². The molecule has 2 heterocycles. The van der Waals surface area contributed by atoms with E-state index < -0.39 is 18.2 Å². The molecule has 6 rings (SSSR count). The van der Waals surface area contributed by atoms with Gasteiger partial charge in [0.05, 0.1) is 12.1 Å². The predicted molar refractivity (Wildman–Crippen MR) is 132 cm³/mol. The maximum absolute atomic E-state index is 10.8. The number of oxazole rings is 1. The van der Waals surface area contributed by atoms with Crippen molar-refractivity contribution in [1.82, 2.24) is 4.98 Å². The van der Waals surface area contributed by atoms with E-state index in [0.29, 0.717) is 11.6 Å². The zero-order valence-electron chi connectivity index (χ0n) is 20.8. The van der Waals surface area contributed by atoms with Crippen LogP contribution in [0.1, 0.15) is 30.7 Å². The Labute approximate surface area is 237 Å². The molecule has 0 radical (unpaired) electrons. The van der Waals surface area contributed by atoms with Crippen molar-refractivity contribution in [3.05, 3.63) is 96.4 Å². The molecule has 7 heteroatoms. The van der Waals surface area contributed by atoms with Gasteiger partial charge < -0.3 is 23.8 Å². The van der Waals surface area contributed by atoms with Crippen molar-refractivity contribution in [3.8, 4) is 28.3 Å². The maximum Gasteiger partial charge on any atom is 1.00 e. The van der Waals surface area contributed by atoms with Crippen LogP contribution in [-0.4, -0.2) is 23.7 Å². The Bertz CT molecular complexity index is 1320. The van der Waals surface area contributed by atoms with Crippen LogP contribution >= 0.6 is 0 Å². The summed E-state index contributed by atoms with van der Waals surface area (Å²) in [5.74, 6) is 0.845. The normalized spacial score (nSPS) is 21.9. The van der Waals surface area contributed by atoms with Crippen LogP contribution in [0, 0.1) is 5.92 Å². The Hall–Kier alpha value is -2.90. The number of fused-ring (bicyclic) bond motifs is 1. The number of aliphatic carboxylic acids is 1. The molecule has 1 saturated carbocycles. The van der Waals surface area contributed by atoms with Gasteiger partial charge in [0.25, 0.3) is 0 Å². The van der Waals surface area contributed by atoms with Crippen LogP contribution in [0.2, 0.25) is 0 Å². The number of aromatic nitrogens is 1. The summed E-state index contributed by atoms with van der Waals surface area (Å²) in [6, 6.07) is 27.7. The Morgan fingerprint density at radius 1 is 0.973 bits per heavy atom. The molecule has 1 aliphatic carbocycles. The number of benzene rings is 3. The Morgan fingerprint density at radius 3 is 2.43 bits per heavy atom. The molecule has 2 fully saturated rings. The minimum absolute atomic E-state index is 0. The summed E-state index contributed by atoms with van der Waals surface area (Å²) in [6.07, 6.45) is 3.89. The van der Waals surface area contributed by atoms with Crippen molar-refractivity contribution in [3.63, 3.8) is 0 Å². The standard InChI is InChI=1S/C30H27NO5.Na/c32-26(33)19-34-24-15-7-9-20(18-24)17-23-14-8-16-25-30(23,36-25)29-31-27(21-10-3-1-4-11-21)28(35-29)22-12-5-2-6-13-22;/h1-7,9-13,15,18,23,25H,8,14,16-17,19H2,(H,32,33);/q;+1/p-1. The number of carbonyl (C=O) groups excluding carboxylic acids is 1. The van der Waals surface area contributed by atoms with Crippen molar-refractivity contribution in [1.29, 1.82) is 0 Å². The molecule has 1 aliphatic heterocycles. The average molecular weight is 504 g/mol. The second-order valence-electron chi connectivity index (χ2n) is 9.47. The average Bonchev–Trinajstić information content (AvgIpc) is 3.51. The van der Waals surface area contributed by atoms with Crippen LogP contribution in [0.25, 0.3) is 22.6 Å². The number of carboxylic acid groups (broad SMARTS) is 1. The summed E-state index contributed by atoms with van der Waals surface area (Å²) in [5, 5.41) is 10.8. The molecule has 3 atom stereocenters. The molecule has 0 bridgehead atoms. The van der Waals surface area contributed by atoms with Crippen LogP contribution < -0.4 is 39.4 Å². The Balaban J connectivity index is 0.00000280. The van der Waals surface area contributed by atoms with Crippen LogP contribution in [0.3, 0.4) is 0 Å². The minimum Gasteiger partial charge on any atom is -0.546 e. The molecule has 0 N–H and O–H groups in total. The van der Waals surface area contributed by atoms with Crippen molar-refractivity contribution in [2.75, 3.05) is 6.61 Å². The first-order chi connectivity index (χ1) is 17.6. The van der Waals surface area contributed by atoms with E-state index in [1.807, 2.05) is 78.9 Å². The Kier molecular flexibility index (Phi) is 7.54. The largest absolute Gasteiger partial charge is 1.00 e. The van der Waals surface area contributed by atoms with E-state index >= 15 is 0 Å². The SMILES string of the molecule is O=C([O-])COc1cccc(CC2CCCC3OC23c2nc(-c3ccccc3)c(-c3ccccc3)o2)c1.[Na+]. The molecule has 6 nitrogen and oxygen atoms in total. The van der Waals surface area contributed by atoms with Gasteiger partial charge in [-0.25, -0.2) is 4.98 Å². The third kappa shape index (κ3) is 5.12. The molecular weight excluding hydrogens is 477 g/mol. The molecule has 3 aromatic carbocycles. The number of carbonyl (C=O) groups is 1. The fourth-order valence-corrected chi connectivity index (χ4v) is 5.47. The Morgan fingerprint density at radius 2 is 1.70 bits per heavy atom. The quantitative estimate of drug-likeness (QED) is 0.269. The zero-order valence-corrected chi connectivity index (χ0v) is 22.8. The second kappa shape index (κ2) is 10.8. The number of rotatable bonds is 8. The van der Waals surface area contributed by atoms with Gasteiger partial charge in [-0.15, -0.1) is 0 Å². The summed E-state index contributed by atoms with van der Waals surface area (Å²) < 4.78 is 18.3. The molecule has 0 spiro atoms. The van der Waals surface area contributed by atoms with Crippen molar-refractivity contribution in [2.45, 2.75) is 37.4 Å². The number of carboxylic acids is 1. The van der Waals surface area contributed by atoms with Gasteiger partial charge in [-0.1, -0.05) is 79.2 Å². The second-order valence-corrected chi connectivity index (χ2v) is 9.47. The molecule has 37 heavy (non-hydrogen) atoms. The third-order valence-electron chi connectivity index (χ3n) is 7.17. The summed E-state index contributed by atoms with van der Waals surface area (Å²) in [6.45, 7) is -0.469. The van der Waals surface area contributed by atoms with E-state index in [4.69, 9.17) is 18.9 Å². The van der Waals surface area contributed by atoms with Crippen molar-refractivity contribution in [2.24, 2.45) is 5.92 Å². The van der Waals surface area contributed by atoms with Crippen LogP contribution in [0.15, 0.2) is 89.3 Å². The number of epoxide rings is 1.